The molecule has 4 heteroatoms. The van der Waals surface area contributed by atoms with Crippen molar-refractivity contribution in [2.45, 2.75) is 0 Å². The number of carbonyl (C=O) groups excluding carboxylic acids is 1. The van der Waals surface area contributed by atoms with Crippen molar-refractivity contribution in [1.82, 2.24) is 9.88 Å². The number of piperazine rings is 1. The van der Waals surface area contributed by atoms with E-state index < -0.39 is 0 Å². The second-order valence-electron chi connectivity index (χ2n) is 5.24. The van der Waals surface area contributed by atoms with E-state index in [1.54, 1.807) is 18.3 Å². The third-order valence-electron chi connectivity index (χ3n) is 3.80. The van der Waals surface area contributed by atoms with Crippen molar-refractivity contribution in [2.24, 2.45) is 0 Å². The maximum atomic E-state index is 12.2. The second-order valence-corrected chi connectivity index (χ2v) is 5.24. The molecule has 0 bridgehead atoms. The van der Waals surface area contributed by atoms with Crippen LogP contribution < -0.4 is 4.90 Å². The summed E-state index contributed by atoms with van der Waals surface area (Å²) >= 11 is 0. The van der Waals surface area contributed by atoms with Crippen molar-refractivity contribution < 1.29 is 4.79 Å². The van der Waals surface area contributed by atoms with Crippen LogP contribution in [0, 0.1) is 0 Å². The summed E-state index contributed by atoms with van der Waals surface area (Å²) in [4.78, 5) is 20.6. The van der Waals surface area contributed by atoms with Crippen LogP contribution in [-0.2, 0) is 4.79 Å². The highest BCUT2D eigenvalue weighted by Crippen LogP contribution is 2.15. The Bertz CT molecular complexity index is 632. The number of pyridine rings is 1. The van der Waals surface area contributed by atoms with Crippen LogP contribution >= 0.6 is 0 Å². The minimum Gasteiger partial charge on any atom is -0.368 e. The van der Waals surface area contributed by atoms with Gasteiger partial charge in [0, 0.05) is 44.1 Å². The van der Waals surface area contributed by atoms with E-state index in [1.165, 1.54) is 5.69 Å². The normalized spacial score (nSPS) is 15.3. The van der Waals surface area contributed by atoms with Gasteiger partial charge in [-0.2, -0.15) is 0 Å². The number of benzene rings is 1. The van der Waals surface area contributed by atoms with E-state index >= 15 is 0 Å². The van der Waals surface area contributed by atoms with Gasteiger partial charge in [0.2, 0.25) is 5.91 Å². The number of hydrogen-bond acceptors (Lipinski definition) is 3. The Hall–Kier alpha value is -2.62. The molecule has 1 saturated heterocycles. The Morgan fingerprint density at radius 3 is 2.36 bits per heavy atom. The Labute approximate surface area is 130 Å². The maximum absolute atomic E-state index is 12.2. The average Bonchev–Trinajstić information content (AvgIpc) is 2.61. The highest BCUT2D eigenvalue weighted by molar-refractivity contribution is 5.91. The molecule has 3 rings (SSSR count). The first-order chi connectivity index (χ1) is 10.8. The summed E-state index contributed by atoms with van der Waals surface area (Å²) in [5.41, 5.74) is 2.03. The molecule has 112 valence electrons. The second kappa shape index (κ2) is 6.89. The third-order valence-corrected chi connectivity index (χ3v) is 3.80. The number of rotatable bonds is 3. The molecular formula is C18H19N3O. The lowest BCUT2D eigenvalue weighted by atomic mass is 10.2. The predicted molar refractivity (Wildman–Crippen MR) is 88.5 cm³/mol. The van der Waals surface area contributed by atoms with Gasteiger partial charge in [0.1, 0.15) is 0 Å². The number of amides is 1. The quantitative estimate of drug-likeness (QED) is 0.816. The number of carbonyl (C=O) groups is 1. The third kappa shape index (κ3) is 3.52. The van der Waals surface area contributed by atoms with E-state index in [-0.39, 0.29) is 5.91 Å². The summed E-state index contributed by atoms with van der Waals surface area (Å²) in [7, 11) is 0. The standard InChI is InChI=1S/C18H19N3O/c22-18(10-9-16-6-4-5-11-19-16)21-14-12-20(13-15-21)17-7-2-1-3-8-17/h1-11H,12-15H2/b10-9+. The van der Waals surface area contributed by atoms with E-state index in [1.807, 2.05) is 41.3 Å². The average molecular weight is 293 g/mol. The minimum absolute atomic E-state index is 0.0540. The fourth-order valence-corrected chi connectivity index (χ4v) is 2.56. The first-order valence-corrected chi connectivity index (χ1v) is 7.51. The van der Waals surface area contributed by atoms with Gasteiger partial charge in [-0.25, -0.2) is 0 Å². The predicted octanol–water partition coefficient (Wildman–Crippen LogP) is 2.44. The van der Waals surface area contributed by atoms with E-state index in [4.69, 9.17) is 0 Å². The van der Waals surface area contributed by atoms with Gasteiger partial charge in [0.15, 0.2) is 0 Å². The van der Waals surface area contributed by atoms with Gasteiger partial charge in [0.05, 0.1) is 5.69 Å². The van der Waals surface area contributed by atoms with E-state index in [2.05, 4.69) is 22.0 Å². The van der Waals surface area contributed by atoms with Crippen LogP contribution in [-0.4, -0.2) is 42.0 Å². The molecule has 2 aromatic rings. The molecule has 1 amide bonds. The van der Waals surface area contributed by atoms with Crippen LogP contribution in [0.4, 0.5) is 5.69 Å². The fraction of sp³-hybridized carbons (Fsp3) is 0.222. The van der Waals surface area contributed by atoms with Gasteiger partial charge in [-0.05, 0) is 30.3 Å². The molecular weight excluding hydrogens is 274 g/mol. The molecule has 2 heterocycles. The lowest BCUT2D eigenvalue weighted by molar-refractivity contribution is -0.126. The van der Waals surface area contributed by atoms with Crippen LogP contribution in [0.25, 0.3) is 6.08 Å². The monoisotopic (exact) mass is 293 g/mol. The molecule has 0 unspecified atom stereocenters. The van der Waals surface area contributed by atoms with Crippen LogP contribution in [0.2, 0.25) is 0 Å². The smallest absolute Gasteiger partial charge is 0.246 e. The summed E-state index contributed by atoms with van der Waals surface area (Å²) in [5.74, 6) is 0.0540. The molecule has 1 aliphatic heterocycles. The van der Waals surface area contributed by atoms with Gasteiger partial charge < -0.3 is 9.80 Å². The molecule has 0 atom stereocenters. The summed E-state index contributed by atoms with van der Waals surface area (Å²) in [6.07, 6.45) is 5.11. The number of hydrogen-bond donors (Lipinski definition) is 0. The van der Waals surface area contributed by atoms with Crippen molar-refractivity contribution >= 4 is 17.7 Å². The molecule has 22 heavy (non-hydrogen) atoms. The number of para-hydroxylation sites is 1. The zero-order chi connectivity index (χ0) is 15.2. The molecule has 1 aromatic carbocycles. The highest BCUT2D eigenvalue weighted by atomic mass is 16.2. The topological polar surface area (TPSA) is 36.4 Å². The molecule has 0 N–H and O–H groups in total. The number of aromatic nitrogens is 1. The summed E-state index contributed by atoms with van der Waals surface area (Å²) in [5, 5.41) is 0. The van der Waals surface area contributed by atoms with Crippen molar-refractivity contribution in [3.63, 3.8) is 0 Å². The van der Waals surface area contributed by atoms with Crippen molar-refractivity contribution in [1.29, 1.82) is 0 Å². The molecule has 1 aromatic heterocycles. The largest absolute Gasteiger partial charge is 0.368 e. The molecule has 0 radical (unpaired) electrons. The first kappa shape index (κ1) is 14.3. The van der Waals surface area contributed by atoms with Crippen LogP contribution in [0.3, 0.4) is 0 Å². The van der Waals surface area contributed by atoms with Gasteiger partial charge in [-0.3, -0.25) is 9.78 Å². The van der Waals surface area contributed by atoms with E-state index in [0.717, 1.165) is 31.9 Å². The Kier molecular flexibility index (Phi) is 4.49. The van der Waals surface area contributed by atoms with Gasteiger partial charge in [0.25, 0.3) is 0 Å². The van der Waals surface area contributed by atoms with Crippen molar-refractivity contribution in [2.75, 3.05) is 31.1 Å². The maximum Gasteiger partial charge on any atom is 0.246 e. The van der Waals surface area contributed by atoms with Crippen LogP contribution in [0.1, 0.15) is 5.69 Å². The summed E-state index contributed by atoms with van der Waals surface area (Å²) < 4.78 is 0. The zero-order valence-corrected chi connectivity index (χ0v) is 12.4. The van der Waals surface area contributed by atoms with Crippen molar-refractivity contribution in [3.8, 4) is 0 Å². The van der Waals surface area contributed by atoms with E-state index in [0.29, 0.717) is 0 Å². The van der Waals surface area contributed by atoms with E-state index in [9.17, 15) is 4.79 Å². The summed E-state index contributed by atoms with van der Waals surface area (Å²) in [6, 6.07) is 16.0. The lowest BCUT2D eigenvalue weighted by Gasteiger charge is -2.35. The minimum atomic E-state index is 0.0540. The number of nitrogens with zero attached hydrogens (tertiary/aromatic N) is 3. The lowest BCUT2D eigenvalue weighted by Crippen LogP contribution is -2.48. The van der Waals surface area contributed by atoms with Crippen LogP contribution in [0.5, 0.6) is 0 Å². The Balaban J connectivity index is 1.55. The Morgan fingerprint density at radius 1 is 0.955 bits per heavy atom. The Morgan fingerprint density at radius 2 is 1.68 bits per heavy atom. The molecule has 1 fully saturated rings. The SMILES string of the molecule is O=C(/C=C/c1ccccn1)N1CCN(c2ccccc2)CC1. The highest BCUT2D eigenvalue weighted by Gasteiger charge is 2.19. The molecule has 0 spiro atoms. The summed E-state index contributed by atoms with van der Waals surface area (Å²) in [6.45, 7) is 3.24. The molecule has 0 aliphatic carbocycles. The first-order valence-electron chi connectivity index (χ1n) is 7.51. The van der Waals surface area contributed by atoms with Gasteiger partial charge >= 0.3 is 0 Å². The van der Waals surface area contributed by atoms with Gasteiger partial charge in [-0.15, -0.1) is 0 Å². The zero-order valence-electron chi connectivity index (χ0n) is 12.4. The fourth-order valence-electron chi connectivity index (χ4n) is 2.56. The molecule has 4 nitrogen and oxygen atoms in total. The molecule has 0 saturated carbocycles. The van der Waals surface area contributed by atoms with Crippen LogP contribution in [0.15, 0.2) is 60.8 Å². The van der Waals surface area contributed by atoms with Crippen molar-refractivity contribution in [3.05, 3.63) is 66.5 Å². The van der Waals surface area contributed by atoms with Gasteiger partial charge in [-0.1, -0.05) is 24.3 Å². The number of anilines is 1. The molecule has 1 aliphatic rings.